The van der Waals surface area contributed by atoms with Gasteiger partial charge in [0.1, 0.15) is 0 Å². The normalized spacial score (nSPS) is 12.2. The van der Waals surface area contributed by atoms with Gasteiger partial charge in [-0.2, -0.15) is 0 Å². The Labute approximate surface area is 119 Å². The van der Waals surface area contributed by atoms with Crippen molar-refractivity contribution in [3.05, 3.63) is 28.2 Å². The van der Waals surface area contributed by atoms with Gasteiger partial charge in [0, 0.05) is 28.3 Å². The molecular weight excluding hydrogens is 290 g/mol. The van der Waals surface area contributed by atoms with Crippen LogP contribution in [0.15, 0.2) is 22.7 Å². The molecule has 3 heteroatoms. The van der Waals surface area contributed by atoms with E-state index in [9.17, 15) is 4.79 Å². The lowest BCUT2D eigenvalue weighted by atomic mass is 10.1. The fraction of sp³-hybridized carbons (Fsp3) is 0.533. The minimum atomic E-state index is 0.449. The highest BCUT2D eigenvalue weighted by molar-refractivity contribution is 9.10. The van der Waals surface area contributed by atoms with E-state index in [4.69, 9.17) is 0 Å². The van der Waals surface area contributed by atoms with Gasteiger partial charge in [0.15, 0.2) is 6.29 Å². The van der Waals surface area contributed by atoms with Crippen molar-refractivity contribution in [2.24, 2.45) is 0 Å². The third-order valence-corrected chi connectivity index (χ3v) is 3.80. The number of hydrogen-bond acceptors (Lipinski definition) is 2. The van der Waals surface area contributed by atoms with Crippen molar-refractivity contribution in [1.82, 2.24) is 0 Å². The van der Waals surface area contributed by atoms with Gasteiger partial charge < -0.3 is 4.90 Å². The molecule has 0 fully saturated rings. The summed E-state index contributed by atoms with van der Waals surface area (Å²) in [6.45, 7) is 7.59. The molecule has 0 amide bonds. The molecular formula is C15H22BrNO. The van der Waals surface area contributed by atoms with Crippen molar-refractivity contribution in [1.29, 1.82) is 0 Å². The van der Waals surface area contributed by atoms with Crippen LogP contribution in [-0.2, 0) is 0 Å². The maximum absolute atomic E-state index is 11.2. The molecule has 0 aromatic heterocycles. The monoisotopic (exact) mass is 311 g/mol. The highest BCUT2D eigenvalue weighted by Crippen LogP contribution is 2.27. The Hall–Kier alpha value is -0.830. The van der Waals surface area contributed by atoms with Gasteiger partial charge in [0.2, 0.25) is 0 Å². The third kappa shape index (κ3) is 3.84. The smallest absolute Gasteiger partial charge is 0.152 e. The minimum Gasteiger partial charge on any atom is -0.368 e. The van der Waals surface area contributed by atoms with E-state index in [1.807, 2.05) is 18.2 Å². The lowest BCUT2D eigenvalue weighted by molar-refractivity contribution is 0.112. The van der Waals surface area contributed by atoms with Crippen molar-refractivity contribution < 1.29 is 4.79 Å². The molecule has 0 saturated carbocycles. The molecule has 1 aromatic carbocycles. The molecule has 0 saturated heterocycles. The SMILES string of the molecule is CCCCN(c1cc(Br)ccc1C=O)C(C)CC. The van der Waals surface area contributed by atoms with Crippen LogP contribution in [0.4, 0.5) is 5.69 Å². The fourth-order valence-electron chi connectivity index (χ4n) is 1.99. The van der Waals surface area contributed by atoms with Crippen LogP contribution in [0.5, 0.6) is 0 Å². The standard InChI is InChI=1S/C15H22BrNO/c1-4-6-9-17(12(3)5-2)15-10-14(16)8-7-13(15)11-18/h7-8,10-12H,4-6,9H2,1-3H3. The highest BCUT2D eigenvalue weighted by Gasteiger charge is 2.16. The Bertz CT molecular complexity index is 392. The second-order valence-electron chi connectivity index (χ2n) is 4.63. The summed E-state index contributed by atoms with van der Waals surface area (Å²) in [6, 6.07) is 6.30. The van der Waals surface area contributed by atoms with Gasteiger partial charge in [-0.1, -0.05) is 36.2 Å². The molecule has 0 radical (unpaired) electrons. The first-order valence-electron chi connectivity index (χ1n) is 6.65. The fourth-order valence-corrected chi connectivity index (χ4v) is 2.34. The van der Waals surface area contributed by atoms with Crippen LogP contribution in [0.1, 0.15) is 50.4 Å². The Morgan fingerprint density at radius 1 is 1.39 bits per heavy atom. The van der Waals surface area contributed by atoms with E-state index in [1.54, 1.807) is 0 Å². The van der Waals surface area contributed by atoms with Crippen molar-refractivity contribution in [2.45, 2.75) is 46.1 Å². The lowest BCUT2D eigenvalue weighted by Crippen LogP contribution is -2.34. The van der Waals surface area contributed by atoms with Gasteiger partial charge in [-0.3, -0.25) is 4.79 Å². The van der Waals surface area contributed by atoms with Crippen molar-refractivity contribution in [3.8, 4) is 0 Å². The van der Waals surface area contributed by atoms with E-state index in [2.05, 4.69) is 41.6 Å². The van der Waals surface area contributed by atoms with E-state index in [1.165, 1.54) is 0 Å². The van der Waals surface area contributed by atoms with Crippen LogP contribution in [-0.4, -0.2) is 18.9 Å². The van der Waals surface area contributed by atoms with E-state index in [-0.39, 0.29) is 0 Å². The van der Waals surface area contributed by atoms with Gasteiger partial charge in [0.25, 0.3) is 0 Å². The lowest BCUT2D eigenvalue weighted by Gasteiger charge is -2.32. The molecule has 0 aliphatic carbocycles. The molecule has 100 valence electrons. The predicted molar refractivity (Wildman–Crippen MR) is 81.5 cm³/mol. The predicted octanol–water partition coefficient (Wildman–Crippen LogP) is 4.67. The summed E-state index contributed by atoms with van der Waals surface area (Å²) in [7, 11) is 0. The summed E-state index contributed by atoms with van der Waals surface area (Å²) in [5.41, 5.74) is 1.82. The highest BCUT2D eigenvalue weighted by atomic mass is 79.9. The molecule has 1 atom stereocenters. The quantitative estimate of drug-likeness (QED) is 0.682. The molecule has 2 nitrogen and oxygen atoms in total. The van der Waals surface area contributed by atoms with Crippen molar-refractivity contribution in [2.75, 3.05) is 11.4 Å². The zero-order valence-electron chi connectivity index (χ0n) is 11.4. The molecule has 0 aliphatic heterocycles. The average molecular weight is 312 g/mol. The second kappa shape index (κ2) is 7.57. The first kappa shape index (κ1) is 15.2. The van der Waals surface area contributed by atoms with Crippen LogP contribution in [0, 0.1) is 0 Å². The molecule has 0 N–H and O–H groups in total. The molecule has 0 aliphatic rings. The van der Waals surface area contributed by atoms with E-state index < -0.39 is 0 Å². The summed E-state index contributed by atoms with van der Waals surface area (Å²) in [5, 5.41) is 0. The largest absolute Gasteiger partial charge is 0.368 e. The number of aldehydes is 1. The Morgan fingerprint density at radius 3 is 2.67 bits per heavy atom. The molecule has 0 spiro atoms. The van der Waals surface area contributed by atoms with Crippen molar-refractivity contribution >= 4 is 27.9 Å². The first-order chi connectivity index (χ1) is 8.63. The van der Waals surface area contributed by atoms with Crippen LogP contribution in [0.3, 0.4) is 0 Å². The first-order valence-corrected chi connectivity index (χ1v) is 7.44. The van der Waals surface area contributed by atoms with Crippen molar-refractivity contribution in [3.63, 3.8) is 0 Å². The summed E-state index contributed by atoms with van der Waals surface area (Å²) in [6.07, 6.45) is 4.34. The van der Waals surface area contributed by atoms with Gasteiger partial charge >= 0.3 is 0 Å². The topological polar surface area (TPSA) is 20.3 Å². The zero-order chi connectivity index (χ0) is 13.5. The maximum Gasteiger partial charge on any atom is 0.152 e. The number of rotatable bonds is 7. The van der Waals surface area contributed by atoms with Crippen LogP contribution < -0.4 is 4.90 Å². The molecule has 0 heterocycles. The summed E-state index contributed by atoms with van der Waals surface area (Å²) >= 11 is 3.49. The summed E-state index contributed by atoms with van der Waals surface area (Å²) in [4.78, 5) is 13.5. The Morgan fingerprint density at radius 2 is 2.11 bits per heavy atom. The van der Waals surface area contributed by atoms with Crippen LogP contribution >= 0.6 is 15.9 Å². The van der Waals surface area contributed by atoms with E-state index >= 15 is 0 Å². The molecule has 0 bridgehead atoms. The number of benzene rings is 1. The number of halogens is 1. The van der Waals surface area contributed by atoms with Gasteiger partial charge in [-0.25, -0.2) is 0 Å². The Balaban J connectivity index is 3.09. The molecule has 1 rings (SSSR count). The third-order valence-electron chi connectivity index (χ3n) is 3.30. The maximum atomic E-state index is 11.2. The minimum absolute atomic E-state index is 0.449. The van der Waals surface area contributed by atoms with Gasteiger partial charge in [-0.05, 0) is 38.0 Å². The average Bonchev–Trinajstić information content (AvgIpc) is 2.39. The summed E-state index contributed by atoms with van der Waals surface area (Å²) < 4.78 is 1.02. The number of carbonyl (C=O) groups excluding carboxylic acids is 1. The molecule has 1 aromatic rings. The Kier molecular flexibility index (Phi) is 6.41. The van der Waals surface area contributed by atoms with Gasteiger partial charge in [0.05, 0.1) is 0 Å². The molecule has 18 heavy (non-hydrogen) atoms. The number of carbonyl (C=O) groups is 1. The summed E-state index contributed by atoms with van der Waals surface area (Å²) in [5.74, 6) is 0. The number of nitrogens with zero attached hydrogens (tertiary/aromatic N) is 1. The van der Waals surface area contributed by atoms with Crippen LogP contribution in [0.2, 0.25) is 0 Å². The zero-order valence-corrected chi connectivity index (χ0v) is 13.0. The van der Waals surface area contributed by atoms with E-state index in [0.717, 1.165) is 47.8 Å². The number of hydrogen-bond donors (Lipinski definition) is 0. The van der Waals surface area contributed by atoms with E-state index in [0.29, 0.717) is 6.04 Å². The second-order valence-corrected chi connectivity index (χ2v) is 5.54. The van der Waals surface area contributed by atoms with Gasteiger partial charge in [-0.15, -0.1) is 0 Å². The molecule has 1 unspecified atom stereocenters. The number of anilines is 1. The number of unbranched alkanes of at least 4 members (excludes halogenated alkanes) is 1. The van der Waals surface area contributed by atoms with Crippen LogP contribution in [0.25, 0.3) is 0 Å².